The van der Waals surface area contributed by atoms with Gasteiger partial charge in [0.15, 0.2) is 0 Å². The molecule has 5 rings (SSSR count). The number of fused-ring (bicyclic) bond motifs is 1. The number of nitrogens with zero attached hydrogens (tertiary/aromatic N) is 3. The quantitative estimate of drug-likeness (QED) is 0.608. The molecule has 3 aliphatic rings. The average molecular weight is 503 g/mol. The van der Waals surface area contributed by atoms with Gasteiger partial charge in [0.25, 0.3) is 0 Å². The molecule has 190 valence electrons. The fraction of sp³-hybridized carbons (Fsp3) is 0.296. The van der Waals surface area contributed by atoms with Crippen LogP contribution < -0.4 is 10.6 Å². The molecule has 2 N–H and O–H groups in total. The Kier molecular flexibility index (Phi) is 6.67. The van der Waals surface area contributed by atoms with E-state index in [0.717, 1.165) is 5.56 Å². The first-order valence-corrected chi connectivity index (χ1v) is 11.7. The van der Waals surface area contributed by atoms with Gasteiger partial charge in [-0.3, -0.25) is 4.90 Å². The summed E-state index contributed by atoms with van der Waals surface area (Å²) in [5.41, 5.74) is 8.53. The number of methoxy groups -OCH3 is 2. The molecule has 3 aliphatic heterocycles. The molecule has 2 saturated heterocycles. The molecule has 0 saturated carbocycles. The van der Waals surface area contributed by atoms with Crippen molar-refractivity contribution in [1.82, 2.24) is 4.90 Å². The highest BCUT2D eigenvalue weighted by Gasteiger charge is 2.43. The number of anilines is 1. The van der Waals surface area contributed by atoms with E-state index < -0.39 is 17.9 Å². The maximum atomic E-state index is 13.2. The Morgan fingerprint density at radius 3 is 2.35 bits per heavy atom. The third-order valence-corrected chi connectivity index (χ3v) is 6.87. The lowest BCUT2D eigenvalue weighted by Crippen LogP contribution is -2.40. The lowest BCUT2D eigenvalue weighted by atomic mass is 9.81. The third kappa shape index (κ3) is 4.13. The van der Waals surface area contributed by atoms with Gasteiger partial charge in [-0.05, 0) is 23.3 Å². The van der Waals surface area contributed by atoms with Crippen LogP contribution in [0.25, 0.3) is 0 Å². The van der Waals surface area contributed by atoms with E-state index in [4.69, 9.17) is 24.7 Å². The van der Waals surface area contributed by atoms with Crippen LogP contribution in [0.2, 0.25) is 0 Å². The fourth-order valence-corrected chi connectivity index (χ4v) is 5.10. The zero-order valence-corrected chi connectivity index (χ0v) is 20.4. The van der Waals surface area contributed by atoms with Crippen LogP contribution in [-0.4, -0.2) is 57.2 Å². The maximum absolute atomic E-state index is 13.2. The summed E-state index contributed by atoms with van der Waals surface area (Å²) in [6.07, 6.45) is -0.163. The van der Waals surface area contributed by atoms with Gasteiger partial charge in [0.05, 0.1) is 50.0 Å². The van der Waals surface area contributed by atoms with E-state index in [1.54, 1.807) is 36.4 Å². The molecule has 2 aromatic rings. The van der Waals surface area contributed by atoms with E-state index >= 15 is 0 Å². The van der Waals surface area contributed by atoms with Crippen molar-refractivity contribution in [3.63, 3.8) is 0 Å². The van der Waals surface area contributed by atoms with Crippen LogP contribution in [0, 0.1) is 11.3 Å². The molecule has 10 nitrogen and oxygen atoms in total. The van der Waals surface area contributed by atoms with E-state index in [1.807, 2.05) is 18.2 Å². The monoisotopic (exact) mass is 502 g/mol. The first-order chi connectivity index (χ1) is 18.0. The van der Waals surface area contributed by atoms with Crippen molar-refractivity contribution < 1.29 is 28.5 Å². The zero-order valence-electron chi connectivity index (χ0n) is 20.4. The van der Waals surface area contributed by atoms with Crippen molar-refractivity contribution in [3.05, 3.63) is 88.4 Å². The first-order valence-electron chi connectivity index (χ1n) is 11.7. The molecule has 0 radical (unpaired) electrons. The number of carbonyl (C=O) groups is 2. The molecule has 0 spiro atoms. The molecular formula is C27H26N4O6. The highest BCUT2D eigenvalue weighted by Crippen LogP contribution is 2.43. The van der Waals surface area contributed by atoms with E-state index in [9.17, 15) is 14.9 Å². The van der Waals surface area contributed by atoms with Crippen LogP contribution in [0.1, 0.15) is 23.1 Å². The summed E-state index contributed by atoms with van der Waals surface area (Å²) in [5.74, 6) is -2.45. The molecule has 2 aromatic carbocycles. The minimum Gasteiger partial charge on any atom is -0.466 e. The second-order valence-electron chi connectivity index (χ2n) is 8.80. The smallest absolute Gasteiger partial charge is 0.355 e. The van der Waals surface area contributed by atoms with Crippen LogP contribution in [0.15, 0.2) is 77.3 Å². The van der Waals surface area contributed by atoms with E-state index in [0.29, 0.717) is 31.3 Å². The van der Waals surface area contributed by atoms with Gasteiger partial charge < -0.3 is 24.7 Å². The molecule has 0 aliphatic carbocycles. The first kappa shape index (κ1) is 24.5. The summed E-state index contributed by atoms with van der Waals surface area (Å²) in [4.78, 5) is 29.8. The van der Waals surface area contributed by atoms with Crippen LogP contribution in [0.5, 0.6) is 0 Å². The van der Waals surface area contributed by atoms with Gasteiger partial charge >= 0.3 is 11.9 Å². The summed E-state index contributed by atoms with van der Waals surface area (Å²) in [5, 5.41) is 10.1. The number of rotatable bonds is 5. The number of nitrogens with two attached hydrogens (primary N) is 1. The minimum atomic E-state index is -0.913. The number of carbonyl (C=O) groups excluding carboxylic acids is 2. The summed E-state index contributed by atoms with van der Waals surface area (Å²) in [6, 6.07) is 18.4. The molecule has 2 fully saturated rings. The van der Waals surface area contributed by atoms with Crippen LogP contribution in [-0.2, 0) is 28.5 Å². The van der Waals surface area contributed by atoms with Crippen LogP contribution >= 0.6 is 0 Å². The number of esters is 2. The van der Waals surface area contributed by atoms with E-state index in [-0.39, 0.29) is 34.8 Å². The van der Waals surface area contributed by atoms with Crippen LogP contribution in [0.3, 0.4) is 0 Å². The predicted octanol–water partition coefficient (Wildman–Crippen LogP) is 2.27. The Morgan fingerprint density at radius 1 is 1.00 bits per heavy atom. The number of allylic oxidation sites excluding steroid dienone is 1. The highest BCUT2D eigenvalue weighted by atomic mass is 16.6. The molecule has 10 heteroatoms. The van der Waals surface area contributed by atoms with Crippen LogP contribution in [0.4, 0.5) is 5.69 Å². The van der Waals surface area contributed by atoms with Gasteiger partial charge in [-0.2, -0.15) is 5.26 Å². The second-order valence-corrected chi connectivity index (χ2v) is 8.80. The maximum Gasteiger partial charge on any atom is 0.355 e. The summed E-state index contributed by atoms with van der Waals surface area (Å²) >= 11 is 0. The summed E-state index contributed by atoms with van der Waals surface area (Å²) < 4.78 is 21.6. The standard InChI is InChI=1S/C27H26N4O6/c1-34-26(32)22-21(16-6-4-3-5-7-16)19(12-28)25(29)31(23(22)27(33)35-2)18-10-8-17(9-11-18)24-20-13-36-14-30(20)15-37-24/h3-11,20-21,24H,13-15,29H2,1-2H3. The Morgan fingerprint density at radius 2 is 1.70 bits per heavy atom. The second kappa shape index (κ2) is 10.1. The molecule has 0 amide bonds. The number of hydrogen-bond acceptors (Lipinski definition) is 10. The van der Waals surface area contributed by atoms with E-state index in [2.05, 4.69) is 11.0 Å². The van der Waals surface area contributed by atoms with Crippen molar-refractivity contribution in [3.8, 4) is 6.07 Å². The van der Waals surface area contributed by atoms with Crippen molar-refractivity contribution >= 4 is 17.6 Å². The molecular weight excluding hydrogens is 476 g/mol. The predicted molar refractivity (Wildman–Crippen MR) is 131 cm³/mol. The highest BCUT2D eigenvalue weighted by molar-refractivity contribution is 6.06. The summed E-state index contributed by atoms with van der Waals surface area (Å²) in [6.45, 7) is 1.61. The Bertz CT molecular complexity index is 1310. The topological polar surface area (TPSA) is 127 Å². The Balaban J connectivity index is 1.64. The lowest BCUT2D eigenvalue weighted by molar-refractivity contribution is -0.139. The van der Waals surface area contributed by atoms with Crippen molar-refractivity contribution in [1.29, 1.82) is 5.26 Å². The SMILES string of the molecule is COC(=O)C1=C(C(=O)OC)N(c2ccc(C3OCN4COCC34)cc2)C(N)=C(C#N)C1c1ccccc1. The van der Waals surface area contributed by atoms with E-state index in [1.165, 1.54) is 19.1 Å². The largest absolute Gasteiger partial charge is 0.466 e. The molecule has 37 heavy (non-hydrogen) atoms. The van der Waals surface area contributed by atoms with Gasteiger partial charge in [0.2, 0.25) is 0 Å². The molecule has 3 atom stereocenters. The van der Waals surface area contributed by atoms with Crippen molar-refractivity contribution in [2.75, 3.05) is 39.2 Å². The molecule has 0 bridgehead atoms. The van der Waals surface area contributed by atoms with Gasteiger partial charge in [0, 0.05) is 5.69 Å². The number of hydrogen-bond donors (Lipinski definition) is 1. The Labute approximate surface area is 214 Å². The Hall–Kier alpha value is -4.17. The van der Waals surface area contributed by atoms with Crippen molar-refractivity contribution in [2.45, 2.75) is 18.1 Å². The lowest BCUT2D eigenvalue weighted by Gasteiger charge is -2.36. The fourth-order valence-electron chi connectivity index (χ4n) is 5.10. The molecule has 3 unspecified atom stereocenters. The van der Waals surface area contributed by atoms with Gasteiger partial charge in [-0.1, -0.05) is 42.5 Å². The summed E-state index contributed by atoms with van der Waals surface area (Å²) in [7, 11) is 2.44. The molecule has 0 aromatic heterocycles. The van der Waals surface area contributed by atoms with Gasteiger partial charge in [-0.15, -0.1) is 0 Å². The number of benzene rings is 2. The average Bonchev–Trinajstić information content (AvgIpc) is 3.56. The van der Waals surface area contributed by atoms with Gasteiger partial charge in [0.1, 0.15) is 31.1 Å². The van der Waals surface area contributed by atoms with Crippen molar-refractivity contribution in [2.24, 2.45) is 5.73 Å². The number of nitriles is 1. The number of ether oxygens (including phenoxy) is 4. The zero-order chi connectivity index (χ0) is 26.1. The van der Waals surface area contributed by atoms with Gasteiger partial charge in [-0.25, -0.2) is 14.5 Å². The third-order valence-electron chi connectivity index (χ3n) is 6.87. The molecule has 3 heterocycles. The minimum absolute atomic E-state index is 0.0182. The normalized spacial score (nSPS) is 23.6.